The molecule has 15 heavy (non-hydrogen) atoms. The Morgan fingerprint density at radius 3 is 2.67 bits per heavy atom. The molecule has 1 rings (SSSR count). The van der Waals surface area contributed by atoms with E-state index in [1.807, 2.05) is 19.1 Å². The van der Waals surface area contributed by atoms with Crippen LogP contribution in [0.4, 0.5) is 4.79 Å². The number of carbonyl (C=O) groups excluding carboxylic acids is 2. The van der Waals surface area contributed by atoms with Crippen LogP contribution in [0.2, 0.25) is 0 Å². The Balaban J connectivity index is 2.93. The fourth-order valence-corrected chi connectivity index (χ4v) is 1.73. The van der Waals surface area contributed by atoms with Crippen LogP contribution in [0.3, 0.4) is 0 Å². The molecule has 1 aliphatic heterocycles. The fraction of sp³-hybridized carbons (Fsp3) is 0.0909. The Hall–Kier alpha value is -1.55. The molecule has 0 aliphatic carbocycles. The number of hydrogen-bond acceptors (Lipinski definition) is 3. The van der Waals surface area contributed by atoms with Gasteiger partial charge in [0, 0.05) is 0 Å². The summed E-state index contributed by atoms with van der Waals surface area (Å²) >= 11 is 0.906. The molecule has 0 aromatic carbocycles. The highest BCUT2D eigenvalue weighted by Crippen LogP contribution is 2.24. The van der Waals surface area contributed by atoms with E-state index in [9.17, 15) is 9.59 Å². The molecular formula is C11H11NO2S. The average Bonchev–Trinajstić information content (AvgIpc) is 2.46. The molecule has 4 heteroatoms. The van der Waals surface area contributed by atoms with Gasteiger partial charge in [0.15, 0.2) is 0 Å². The summed E-state index contributed by atoms with van der Waals surface area (Å²) in [4.78, 5) is 22.5. The molecule has 0 saturated carbocycles. The van der Waals surface area contributed by atoms with Crippen LogP contribution < -0.4 is 5.32 Å². The Morgan fingerprint density at radius 2 is 2.20 bits per heavy atom. The molecule has 2 amide bonds. The van der Waals surface area contributed by atoms with Gasteiger partial charge in [-0.25, -0.2) is 0 Å². The first-order valence-electron chi connectivity index (χ1n) is 4.37. The van der Waals surface area contributed by atoms with Gasteiger partial charge in [-0.3, -0.25) is 14.9 Å². The number of hydrogen-bond donors (Lipinski definition) is 1. The Kier molecular flexibility index (Phi) is 4.12. The monoisotopic (exact) mass is 221 g/mol. The number of carbonyl (C=O) groups is 2. The molecule has 0 radical (unpaired) electrons. The first-order valence-corrected chi connectivity index (χ1v) is 5.19. The molecule has 1 saturated heterocycles. The summed E-state index contributed by atoms with van der Waals surface area (Å²) in [5.74, 6) is -0.343. The average molecular weight is 221 g/mol. The maximum Gasteiger partial charge on any atom is 0.290 e. The van der Waals surface area contributed by atoms with Crippen molar-refractivity contribution in [3.63, 3.8) is 0 Å². The van der Waals surface area contributed by atoms with E-state index < -0.39 is 0 Å². The van der Waals surface area contributed by atoms with Gasteiger partial charge in [0.05, 0.1) is 4.91 Å². The Morgan fingerprint density at radius 1 is 1.47 bits per heavy atom. The zero-order valence-corrected chi connectivity index (χ0v) is 9.14. The van der Waals surface area contributed by atoms with Gasteiger partial charge < -0.3 is 0 Å². The number of nitrogens with one attached hydrogen (secondary N) is 1. The summed E-state index contributed by atoms with van der Waals surface area (Å²) in [7, 11) is 0. The molecule has 0 aromatic heterocycles. The molecular weight excluding hydrogens is 210 g/mol. The van der Waals surface area contributed by atoms with Gasteiger partial charge in [0.25, 0.3) is 11.1 Å². The number of allylic oxidation sites excluding steroid dienone is 6. The van der Waals surface area contributed by atoms with Crippen molar-refractivity contribution in [1.82, 2.24) is 5.32 Å². The van der Waals surface area contributed by atoms with Crippen LogP contribution in [-0.2, 0) is 4.79 Å². The number of thioether (sulfide) groups is 1. The first-order chi connectivity index (χ1) is 7.17. The lowest BCUT2D eigenvalue weighted by Crippen LogP contribution is -2.17. The third kappa shape index (κ3) is 3.25. The SMILES string of the molecule is C=C/C=C(\C=C/C)/C=C1\SC(=O)NC1=O. The Bertz CT molecular complexity index is 391. The van der Waals surface area contributed by atoms with Crippen LogP contribution in [0.5, 0.6) is 0 Å². The topological polar surface area (TPSA) is 46.2 Å². The largest absolute Gasteiger partial charge is 0.290 e. The van der Waals surface area contributed by atoms with E-state index in [4.69, 9.17) is 0 Å². The molecule has 0 atom stereocenters. The van der Waals surface area contributed by atoms with Gasteiger partial charge in [0.1, 0.15) is 0 Å². The van der Waals surface area contributed by atoms with Crippen molar-refractivity contribution in [2.45, 2.75) is 6.92 Å². The predicted molar refractivity (Wildman–Crippen MR) is 62.3 cm³/mol. The standard InChI is InChI=1S/C11H11NO2S/c1-3-5-8(6-4-2)7-9-10(13)12-11(14)15-9/h3-7H,1H2,2H3,(H,12,13,14)/b6-4-,8-5+,9-7-. The van der Waals surface area contributed by atoms with Crippen molar-refractivity contribution in [3.8, 4) is 0 Å². The highest BCUT2D eigenvalue weighted by Gasteiger charge is 2.24. The third-order valence-corrected chi connectivity index (χ3v) is 2.42. The quantitative estimate of drug-likeness (QED) is 0.588. The van der Waals surface area contributed by atoms with Crippen LogP contribution >= 0.6 is 11.8 Å². The van der Waals surface area contributed by atoms with E-state index in [2.05, 4.69) is 11.9 Å². The van der Waals surface area contributed by atoms with Gasteiger partial charge >= 0.3 is 0 Å². The van der Waals surface area contributed by atoms with Crippen molar-refractivity contribution >= 4 is 22.9 Å². The van der Waals surface area contributed by atoms with E-state index in [0.29, 0.717) is 4.91 Å². The zero-order chi connectivity index (χ0) is 11.3. The van der Waals surface area contributed by atoms with Crippen molar-refractivity contribution in [2.75, 3.05) is 0 Å². The third-order valence-electron chi connectivity index (χ3n) is 1.61. The van der Waals surface area contributed by atoms with E-state index in [0.717, 1.165) is 17.3 Å². The molecule has 1 heterocycles. The van der Waals surface area contributed by atoms with Gasteiger partial charge in [-0.2, -0.15) is 0 Å². The van der Waals surface area contributed by atoms with E-state index in [1.54, 1.807) is 18.2 Å². The van der Waals surface area contributed by atoms with Gasteiger partial charge in [-0.1, -0.05) is 30.9 Å². The highest BCUT2D eigenvalue weighted by atomic mass is 32.2. The summed E-state index contributed by atoms with van der Waals surface area (Å²) < 4.78 is 0. The normalized spacial score (nSPS) is 20.1. The molecule has 0 bridgehead atoms. The highest BCUT2D eigenvalue weighted by molar-refractivity contribution is 8.18. The van der Waals surface area contributed by atoms with Gasteiger partial charge in [0.2, 0.25) is 0 Å². The lowest BCUT2D eigenvalue weighted by molar-refractivity contribution is -0.115. The summed E-state index contributed by atoms with van der Waals surface area (Å²) in [6.07, 6.45) is 8.75. The van der Waals surface area contributed by atoms with E-state index in [-0.39, 0.29) is 11.1 Å². The second-order valence-electron chi connectivity index (χ2n) is 2.75. The molecule has 1 fully saturated rings. The molecule has 3 nitrogen and oxygen atoms in total. The molecule has 1 aliphatic rings. The fourth-order valence-electron chi connectivity index (χ4n) is 1.05. The lowest BCUT2D eigenvalue weighted by atomic mass is 10.2. The maximum atomic E-state index is 11.2. The number of amides is 2. The van der Waals surface area contributed by atoms with Crippen molar-refractivity contribution in [1.29, 1.82) is 0 Å². The van der Waals surface area contributed by atoms with Crippen LogP contribution in [0, 0.1) is 0 Å². The minimum Gasteiger partial charge on any atom is -0.282 e. The minimum absolute atomic E-state index is 0.329. The lowest BCUT2D eigenvalue weighted by Gasteiger charge is -1.93. The van der Waals surface area contributed by atoms with Crippen LogP contribution in [0.15, 0.2) is 47.4 Å². The smallest absolute Gasteiger partial charge is 0.282 e. The molecule has 0 unspecified atom stereocenters. The van der Waals surface area contributed by atoms with Gasteiger partial charge in [-0.05, 0) is 30.3 Å². The van der Waals surface area contributed by atoms with Crippen LogP contribution in [0.25, 0.3) is 0 Å². The molecule has 0 spiro atoms. The van der Waals surface area contributed by atoms with Crippen molar-refractivity contribution in [3.05, 3.63) is 47.4 Å². The summed E-state index contributed by atoms with van der Waals surface area (Å²) in [6, 6.07) is 0. The minimum atomic E-state index is -0.343. The van der Waals surface area contributed by atoms with Crippen molar-refractivity contribution < 1.29 is 9.59 Å². The van der Waals surface area contributed by atoms with Gasteiger partial charge in [-0.15, -0.1) is 0 Å². The predicted octanol–water partition coefficient (Wildman–Crippen LogP) is 2.54. The summed E-state index contributed by atoms with van der Waals surface area (Å²) in [5, 5.41) is 1.87. The number of rotatable bonds is 3. The first kappa shape index (κ1) is 11.5. The number of imide groups is 1. The van der Waals surface area contributed by atoms with Crippen LogP contribution in [-0.4, -0.2) is 11.1 Å². The molecule has 78 valence electrons. The summed E-state index contributed by atoms with van der Waals surface area (Å²) in [6.45, 7) is 5.45. The summed E-state index contributed by atoms with van der Waals surface area (Å²) in [5.41, 5.74) is 0.833. The second-order valence-corrected chi connectivity index (χ2v) is 3.77. The Labute approximate surface area is 92.6 Å². The van der Waals surface area contributed by atoms with E-state index in [1.165, 1.54) is 0 Å². The van der Waals surface area contributed by atoms with Crippen molar-refractivity contribution in [2.24, 2.45) is 0 Å². The molecule has 1 N–H and O–H groups in total. The van der Waals surface area contributed by atoms with E-state index >= 15 is 0 Å². The van der Waals surface area contributed by atoms with Crippen LogP contribution in [0.1, 0.15) is 6.92 Å². The second kappa shape index (κ2) is 5.36. The zero-order valence-electron chi connectivity index (χ0n) is 8.32. The maximum absolute atomic E-state index is 11.2. The molecule has 0 aromatic rings.